The maximum absolute atomic E-state index is 11.5. The Bertz CT molecular complexity index is 775. The average molecular weight is 296 g/mol. The van der Waals surface area contributed by atoms with Gasteiger partial charge in [-0.1, -0.05) is 12.1 Å². The second-order valence-corrected chi connectivity index (χ2v) is 5.59. The number of carboxylic acids is 2. The summed E-state index contributed by atoms with van der Waals surface area (Å²) in [4.78, 5) is 40.6. The summed E-state index contributed by atoms with van der Waals surface area (Å²) in [6.07, 6.45) is 0. The van der Waals surface area contributed by atoms with Crippen LogP contribution in [0.4, 0.5) is 0 Å². The van der Waals surface area contributed by atoms with E-state index in [0.29, 0.717) is 0 Å². The minimum Gasteiger partial charge on any atom is -0.478 e. The highest BCUT2D eigenvalue weighted by Gasteiger charge is 2.27. The molecular formula is C12H9O7P. The molecule has 2 aromatic carbocycles. The number of aromatic carboxylic acids is 2. The van der Waals surface area contributed by atoms with Gasteiger partial charge in [-0.2, -0.15) is 0 Å². The summed E-state index contributed by atoms with van der Waals surface area (Å²) in [7, 11) is -4.82. The molecule has 2 rings (SSSR count). The molecule has 0 heterocycles. The van der Waals surface area contributed by atoms with Crippen molar-refractivity contribution >= 4 is 35.6 Å². The van der Waals surface area contributed by atoms with Gasteiger partial charge in [0.2, 0.25) is 0 Å². The molecule has 0 bridgehead atoms. The smallest absolute Gasteiger partial charge is 0.357 e. The second-order valence-electron chi connectivity index (χ2n) is 4.05. The van der Waals surface area contributed by atoms with Gasteiger partial charge in [0.05, 0.1) is 16.4 Å². The van der Waals surface area contributed by atoms with E-state index in [1.165, 1.54) is 18.2 Å². The van der Waals surface area contributed by atoms with E-state index >= 15 is 0 Å². The van der Waals surface area contributed by atoms with Crippen LogP contribution in [0, 0.1) is 0 Å². The van der Waals surface area contributed by atoms with Gasteiger partial charge in [0.1, 0.15) is 0 Å². The lowest BCUT2D eigenvalue weighted by Gasteiger charge is -2.12. The molecule has 20 heavy (non-hydrogen) atoms. The van der Waals surface area contributed by atoms with Crippen LogP contribution >= 0.6 is 7.60 Å². The molecule has 0 fully saturated rings. The Kier molecular flexibility index (Phi) is 3.35. The molecule has 4 N–H and O–H groups in total. The highest BCUT2D eigenvalue weighted by atomic mass is 31.2. The Labute approximate surface area is 112 Å². The van der Waals surface area contributed by atoms with Gasteiger partial charge in [-0.3, -0.25) is 4.57 Å². The molecule has 0 atom stereocenters. The molecule has 0 aromatic heterocycles. The SMILES string of the molecule is O=C(O)c1ccc2c(P(=O)(O)O)c(C(=O)O)ccc2c1. The van der Waals surface area contributed by atoms with E-state index < -0.39 is 30.4 Å². The summed E-state index contributed by atoms with van der Waals surface area (Å²) in [5, 5.41) is 17.5. The van der Waals surface area contributed by atoms with Crippen molar-refractivity contribution in [3.63, 3.8) is 0 Å². The van der Waals surface area contributed by atoms with Crippen LogP contribution in [0.25, 0.3) is 10.8 Å². The van der Waals surface area contributed by atoms with Crippen LogP contribution in [0.3, 0.4) is 0 Å². The van der Waals surface area contributed by atoms with Crippen molar-refractivity contribution in [1.29, 1.82) is 0 Å². The largest absolute Gasteiger partial charge is 0.478 e. The quantitative estimate of drug-likeness (QED) is 0.622. The fourth-order valence-electron chi connectivity index (χ4n) is 1.93. The third kappa shape index (κ3) is 2.42. The molecule has 0 unspecified atom stereocenters. The Morgan fingerprint density at radius 2 is 1.60 bits per heavy atom. The molecule has 2 aromatic rings. The first-order valence-corrected chi connectivity index (χ1v) is 6.92. The van der Waals surface area contributed by atoms with E-state index in [9.17, 15) is 23.9 Å². The minimum absolute atomic E-state index is 0.0169. The van der Waals surface area contributed by atoms with Gasteiger partial charge in [-0.25, -0.2) is 9.59 Å². The van der Waals surface area contributed by atoms with Crippen molar-refractivity contribution in [2.45, 2.75) is 0 Å². The van der Waals surface area contributed by atoms with Gasteiger partial charge in [0.25, 0.3) is 0 Å². The summed E-state index contributed by atoms with van der Waals surface area (Å²) in [6.45, 7) is 0. The van der Waals surface area contributed by atoms with Crippen LogP contribution < -0.4 is 5.30 Å². The molecule has 0 radical (unpaired) electrons. The van der Waals surface area contributed by atoms with Crippen LogP contribution in [-0.2, 0) is 4.57 Å². The lowest BCUT2D eigenvalue weighted by molar-refractivity contribution is 0.0686. The zero-order valence-electron chi connectivity index (χ0n) is 9.85. The van der Waals surface area contributed by atoms with E-state index in [1.54, 1.807) is 0 Å². The summed E-state index contributed by atoms with van der Waals surface area (Å²) in [5.74, 6) is -2.65. The summed E-state index contributed by atoms with van der Waals surface area (Å²) in [5.41, 5.74) is -0.564. The van der Waals surface area contributed by atoms with Crippen LogP contribution in [0.5, 0.6) is 0 Å². The van der Waals surface area contributed by atoms with Crippen molar-refractivity contribution in [3.05, 3.63) is 41.5 Å². The molecule has 0 aliphatic heterocycles. The summed E-state index contributed by atoms with van der Waals surface area (Å²) >= 11 is 0. The van der Waals surface area contributed by atoms with E-state index in [4.69, 9.17) is 10.2 Å². The standard InChI is InChI=1S/C12H9O7P/c13-11(14)7-2-3-8-6(5-7)1-4-9(12(15)16)10(8)20(17,18)19/h1-5H,(H,13,14)(H,15,16)(H2,17,18,19). The van der Waals surface area contributed by atoms with Crippen LogP contribution in [0.1, 0.15) is 20.7 Å². The summed E-state index contributed by atoms with van der Waals surface area (Å²) < 4.78 is 11.5. The molecule has 7 nitrogen and oxygen atoms in total. The zero-order valence-corrected chi connectivity index (χ0v) is 10.7. The Balaban J connectivity index is 2.89. The van der Waals surface area contributed by atoms with Crippen LogP contribution in [0.15, 0.2) is 30.3 Å². The fourth-order valence-corrected chi connectivity index (χ4v) is 2.93. The predicted molar refractivity (Wildman–Crippen MR) is 69.5 cm³/mol. The Hall–Kier alpha value is -2.21. The topological polar surface area (TPSA) is 132 Å². The third-order valence-electron chi connectivity index (χ3n) is 2.76. The number of fused-ring (bicyclic) bond motifs is 1. The molecule has 8 heteroatoms. The van der Waals surface area contributed by atoms with Crippen LogP contribution in [-0.4, -0.2) is 31.9 Å². The molecule has 104 valence electrons. The fraction of sp³-hybridized carbons (Fsp3) is 0. The van der Waals surface area contributed by atoms with Crippen LogP contribution in [0.2, 0.25) is 0 Å². The molecule has 0 spiro atoms. The maximum atomic E-state index is 11.5. The van der Waals surface area contributed by atoms with Crippen molar-refractivity contribution < 1.29 is 34.2 Å². The first-order chi connectivity index (χ1) is 9.21. The predicted octanol–water partition coefficient (Wildman–Crippen LogP) is 1.04. The van der Waals surface area contributed by atoms with Gasteiger partial charge in [-0.05, 0) is 29.0 Å². The number of carbonyl (C=O) groups is 2. The monoisotopic (exact) mass is 296 g/mol. The van der Waals surface area contributed by atoms with E-state index in [1.807, 2.05) is 0 Å². The Morgan fingerprint density at radius 1 is 0.950 bits per heavy atom. The summed E-state index contributed by atoms with van der Waals surface area (Å²) in [6, 6.07) is 5.94. The number of benzene rings is 2. The number of hydrogen-bond donors (Lipinski definition) is 4. The number of rotatable bonds is 3. The van der Waals surface area contributed by atoms with Gasteiger partial charge < -0.3 is 20.0 Å². The van der Waals surface area contributed by atoms with Gasteiger partial charge in [0, 0.05) is 0 Å². The first kappa shape index (κ1) is 14.2. The van der Waals surface area contributed by atoms with Crippen molar-refractivity contribution in [2.75, 3.05) is 0 Å². The van der Waals surface area contributed by atoms with Crippen molar-refractivity contribution in [2.24, 2.45) is 0 Å². The van der Waals surface area contributed by atoms with Gasteiger partial charge in [-0.15, -0.1) is 0 Å². The molecule has 0 saturated carbocycles. The van der Waals surface area contributed by atoms with Gasteiger partial charge in [0.15, 0.2) is 0 Å². The first-order valence-electron chi connectivity index (χ1n) is 5.31. The Morgan fingerprint density at radius 3 is 2.10 bits per heavy atom. The van der Waals surface area contributed by atoms with Crippen molar-refractivity contribution in [3.8, 4) is 0 Å². The third-order valence-corrected chi connectivity index (χ3v) is 3.82. The number of hydrogen-bond acceptors (Lipinski definition) is 3. The van der Waals surface area contributed by atoms with E-state index in [2.05, 4.69) is 0 Å². The lowest BCUT2D eigenvalue weighted by Crippen LogP contribution is -2.17. The zero-order chi connectivity index (χ0) is 15.1. The minimum atomic E-state index is -4.82. The number of carboxylic acid groups (broad SMARTS) is 2. The van der Waals surface area contributed by atoms with Crippen molar-refractivity contribution in [1.82, 2.24) is 0 Å². The molecule has 0 saturated heterocycles. The molecule has 0 aliphatic carbocycles. The van der Waals surface area contributed by atoms with E-state index in [0.717, 1.165) is 12.1 Å². The maximum Gasteiger partial charge on any atom is 0.357 e. The average Bonchev–Trinajstić information content (AvgIpc) is 2.35. The molecule has 0 aliphatic rings. The second kappa shape index (κ2) is 4.72. The highest BCUT2D eigenvalue weighted by Crippen LogP contribution is 2.38. The molecule has 0 amide bonds. The van der Waals surface area contributed by atoms with Gasteiger partial charge >= 0.3 is 19.5 Å². The lowest BCUT2D eigenvalue weighted by atomic mass is 10.0. The highest BCUT2D eigenvalue weighted by molar-refractivity contribution is 7.61. The normalized spacial score (nSPS) is 11.5. The molecular weight excluding hydrogens is 287 g/mol. The van der Waals surface area contributed by atoms with E-state index in [-0.39, 0.29) is 16.3 Å².